The van der Waals surface area contributed by atoms with Gasteiger partial charge in [-0.1, -0.05) is 0 Å². The van der Waals surface area contributed by atoms with Gasteiger partial charge in [-0.3, -0.25) is 14.8 Å². The number of hydrogen-bond donors (Lipinski definition) is 1. The number of nitrogens with one attached hydrogen (secondary N) is 1. The van der Waals surface area contributed by atoms with Crippen LogP contribution in [0, 0.1) is 0 Å². The van der Waals surface area contributed by atoms with Gasteiger partial charge >= 0.3 is 0 Å². The van der Waals surface area contributed by atoms with E-state index in [0.717, 1.165) is 5.56 Å². The van der Waals surface area contributed by atoms with Crippen molar-refractivity contribution in [2.75, 3.05) is 5.32 Å². The zero-order valence-corrected chi connectivity index (χ0v) is 12.2. The molecule has 0 fully saturated rings. The molecule has 3 rings (SSSR count). The number of rotatable bonds is 5. The van der Waals surface area contributed by atoms with E-state index in [-0.39, 0.29) is 5.91 Å². The maximum absolute atomic E-state index is 12.2. The molecule has 0 bridgehead atoms. The Balaban J connectivity index is 1.72. The van der Waals surface area contributed by atoms with Crippen LogP contribution in [0.4, 0.5) is 5.82 Å². The van der Waals surface area contributed by atoms with E-state index in [1.54, 1.807) is 55.2 Å². The van der Waals surface area contributed by atoms with E-state index in [1.165, 1.54) is 0 Å². The second kappa shape index (κ2) is 7.13. The smallest absolute Gasteiger partial charge is 0.257 e. The number of anilines is 1. The largest absolute Gasteiger partial charge is 0.485 e. The van der Waals surface area contributed by atoms with Crippen LogP contribution in [-0.2, 0) is 6.61 Å². The van der Waals surface area contributed by atoms with Crippen molar-refractivity contribution >= 4 is 11.7 Å². The Kier molecular flexibility index (Phi) is 4.54. The molecule has 0 spiro atoms. The van der Waals surface area contributed by atoms with Gasteiger partial charge in [0, 0.05) is 36.5 Å². The van der Waals surface area contributed by atoms with Crippen molar-refractivity contribution in [1.82, 2.24) is 15.0 Å². The molecule has 0 radical (unpaired) electrons. The lowest BCUT2D eigenvalue weighted by atomic mass is 10.2. The average molecular weight is 306 g/mol. The number of amides is 1. The standard InChI is InChI=1S/C17H14N4O2/c22-17(14-5-10-19-11-6-14)21-16-15(2-1-7-20-16)23-12-13-3-8-18-9-4-13/h1-11H,12H2,(H,20,21,22). The third kappa shape index (κ3) is 3.88. The van der Waals surface area contributed by atoms with Crippen molar-refractivity contribution in [3.8, 4) is 5.75 Å². The summed E-state index contributed by atoms with van der Waals surface area (Å²) in [6, 6.07) is 10.5. The highest BCUT2D eigenvalue weighted by Crippen LogP contribution is 2.22. The molecule has 6 nitrogen and oxygen atoms in total. The fourth-order valence-corrected chi connectivity index (χ4v) is 1.92. The van der Waals surface area contributed by atoms with Crippen LogP contribution < -0.4 is 10.1 Å². The second-order valence-electron chi connectivity index (χ2n) is 4.68. The summed E-state index contributed by atoms with van der Waals surface area (Å²) < 4.78 is 5.74. The number of pyridine rings is 3. The van der Waals surface area contributed by atoms with Gasteiger partial charge < -0.3 is 10.1 Å². The van der Waals surface area contributed by atoms with Crippen LogP contribution >= 0.6 is 0 Å². The Bertz CT molecular complexity index is 779. The van der Waals surface area contributed by atoms with Crippen LogP contribution in [0.2, 0.25) is 0 Å². The number of carbonyl (C=O) groups excluding carboxylic acids is 1. The Labute approximate surface area is 133 Å². The first-order valence-corrected chi connectivity index (χ1v) is 7.01. The van der Waals surface area contributed by atoms with Crippen molar-refractivity contribution in [3.63, 3.8) is 0 Å². The van der Waals surface area contributed by atoms with Gasteiger partial charge in [0.2, 0.25) is 0 Å². The molecular formula is C17H14N4O2. The summed E-state index contributed by atoms with van der Waals surface area (Å²) in [7, 11) is 0. The number of aromatic nitrogens is 3. The van der Waals surface area contributed by atoms with Crippen molar-refractivity contribution in [1.29, 1.82) is 0 Å². The van der Waals surface area contributed by atoms with Gasteiger partial charge in [0.25, 0.3) is 5.91 Å². The number of nitrogens with zero attached hydrogens (tertiary/aromatic N) is 3. The summed E-state index contributed by atoms with van der Waals surface area (Å²) in [6.07, 6.45) is 8.13. The molecule has 0 aromatic carbocycles. The van der Waals surface area contributed by atoms with E-state index in [2.05, 4.69) is 20.3 Å². The molecule has 0 aliphatic carbocycles. The van der Waals surface area contributed by atoms with Gasteiger partial charge in [-0.2, -0.15) is 0 Å². The first-order valence-electron chi connectivity index (χ1n) is 7.01. The van der Waals surface area contributed by atoms with E-state index < -0.39 is 0 Å². The van der Waals surface area contributed by atoms with E-state index in [4.69, 9.17) is 4.74 Å². The second-order valence-corrected chi connectivity index (χ2v) is 4.68. The van der Waals surface area contributed by atoms with Crippen LogP contribution in [0.5, 0.6) is 5.75 Å². The minimum absolute atomic E-state index is 0.264. The molecule has 0 saturated carbocycles. The van der Waals surface area contributed by atoms with Crippen LogP contribution in [0.15, 0.2) is 67.4 Å². The molecule has 114 valence electrons. The summed E-state index contributed by atoms with van der Waals surface area (Å²) >= 11 is 0. The molecule has 0 aliphatic rings. The predicted octanol–water partition coefficient (Wildman–Crippen LogP) is 2.70. The molecule has 23 heavy (non-hydrogen) atoms. The third-order valence-corrected chi connectivity index (χ3v) is 3.09. The molecule has 3 aromatic heterocycles. The maximum Gasteiger partial charge on any atom is 0.257 e. The van der Waals surface area contributed by atoms with Crippen LogP contribution in [0.25, 0.3) is 0 Å². The zero-order chi connectivity index (χ0) is 15.9. The van der Waals surface area contributed by atoms with E-state index in [0.29, 0.717) is 23.7 Å². The highest BCUT2D eigenvalue weighted by Gasteiger charge is 2.11. The molecule has 0 aliphatic heterocycles. The number of ether oxygens (including phenoxy) is 1. The Morgan fingerprint density at radius 2 is 1.65 bits per heavy atom. The van der Waals surface area contributed by atoms with Crippen molar-refractivity contribution in [2.45, 2.75) is 6.61 Å². The molecule has 0 unspecified atom stereocenters. The van der Waals surface area contributed by atoms with Crippen molar-refractivity contribution in [2.24, 2.45) is 0 Å². The molecule has 1 amide bonds. The molecule has 3 heterocycles. The lowest BCUT2D eigenvalue weighted by Gasteiger charge is -2.11. The summed E-state index contributed by atoms with van der Waals surface area (Å²) in [5.74, 6) is 0.620. The number of carbonyl (C=O) groups is 1. The molecular weight excluding hydrogens is 292 g/mol. The molecule has 0 atom stereocenters. The first kappa shape index (κ1) is 14.6. The normalized spacial score (nSPS) is 10.1. The van der Waals surface area contributed by atoms with Crippen LogP contribution in [0.1, 0.15) is 15.9 Å². The molecule has 1 N–H and O–H groups in total. The minimum Gasteiger partial charge on any atom is -0.485 e. The summed E-state index contributed by atoms with van der Waals surface area (Å²) in [5, 5.41) is 2.75. The SMILES string of the molecule is O=C(Nc1ncccc1OCc1ccncc1)c1ccncc1. The monoisotopic (exact) mass is 306 g/mol. The van der Waals surface area contributed by atoms with Crippen LogP contribution in [-0.4, -0.2) is 20.9 Å². The van der Waals surface area contributed by atoms with Gasteiger partial charge in [-0.25, -0.2) is 4.98 Å². The average Bonchev–Trinajstić information content (AvgIpc) is 2.62. The number of hydrogen-bond acceptors (Lipinski definition) is 5. The fourth-order valence-electron chi connectivity index (χ4n) is 1.92. The van der Waals surface area contributed by atoms with Crippen LogP contribution in [0.3, 0.4) is 0 Å². The van der Waals surface area contributed by atoms with E-state index in [1.807, 2.05) is 12.1 Å². The predicted molar refractivity (Wildman–Crippen MR) is 85.0 cm³/mol. The maximum atomic E-state index is 12.2. The Morgan fingerprint density at radius 3 is 2.39 bits per heavy atom. The van der Waals surface area contributed by atoms with Crippen molar-refractivity contribution < 1.29 is 9.53 Å². The van der Waals surface area contributed by atoms with Gasteiger partial charge in [0.05, 0.1) is 0 Å². The lowest BCUT2D eigenvalue weighted by Crippen LogP contribution is -2.14. The third-order valence-electron chi connectivity index (χ3n) is 3.09. The van der Waals surface area contributed by atoms with Gasteiger partial charge in [-0.15, -0.1) is 0 Å². The summed E-state index contributed by atoms with van der Waals surface area (Å²) in [4.78, 5) is 24.2. The van der Waals surface area contributed by atoms with Gasteiger partial charge in [0.15, 0.2) is 11.6 Å². The molecule has 3 aromatic rings. The fraction of sp³-hybridized carbons (Fsp3) is 0.0588. The summed E-state index contributed by atoms with van der Waals surface area (Å²) in [6.45, 7) is 0.367. The lowest BCUT2D eigenvalue weighted by molar-refractivity contribution is 0.102. The van der Waals surface area contributed by atoms with Crippen molar-refractivity contribution in [3.05, 3.63) is 78.5 Å². The topological polar surface area (TPSA) is 77.0 Å². The van der Waals surface area contributed by atoms with E-state index >= 15 is 0 Å². The Morgan fingerprint density at radius 1 is 0.957 bits per heavy atom. The summed E-state index contributed by atoms with van der Waals surface area (Å²) in [5.41, 5.74) is 1.49. The van der Waals surface area contributed by atoms with Gasteiger partial charge in [-0.05, 0) is 42.0 Å². The first-order chi connectivity index (χ1) is 11.3. The highest BCUT2D eigenvalue weighted by atomic mass is 16.5. The zero-order valence-electron chi connectivity index (χ0n) is 12.2. The Hall–Kier alpha value is -3.28. The molecule has 6 heteroatoms. The minimum atomic E-state index is -0.264. The molecule has 0 saturated heterocycles. The highest BCUT2D eigenvalue weighted by molar-refractivity contribution is 6.04. The van der Waals surface area contributed by atoms with E-state index in [9.17, 15) is 4.79 Å². The quantitative estimate of drug-likeness (QED) is 0.784. The van der Waals surface area contributed by atoms with Gasteiger partial charge in [0.1, 0.15) is 6.61 Å².